The first-order valence-electron chi connectivity index (χ1n) is 8.89. The van der Waals surface area contributed by atoms with E-state index in [2.05, 4.69) is 4.90 Å². The number of aromatic hydroxyl groups is 1. The van der Waals surface area contributed by atoms with Crippen LogP contribution in [0.3, 0.4) is 0 Å². The number of benzene rings is 1. The maximum atomic E-state index is 12.4. The minimum absolute atomic E-state index is 0.115. The molecule has 0 aromatic heterocycles. The van der Waals surface area contributed by atoms with Crippen LogP contribution < -0.4 is 4.90 Å². The fourth-order valence-corrected chi connectivity index (χ4v) is 3.39. The van der Waals surface area contributed by atoms with E-state index in [1.54, 1.807) is 32.9 Å². The first-order valence-corrected chi connectivity index (χ1v) is 8.89. The molecule has 7 nitrogen and oxygen atoms in total. The van der Waals surface area contributed by atoms with Crippen LogP contribution in [0.25, 0.3) is 0 Å². The topological polar surface area (TPSA) is 79.3 Å². The third-order valence-corrected chi connectivity index (χ3v) is 4.76. The number of rotatable bonds is 1. The number of anilines is 1. The molecule has 2 amide bonds. The number of carbonyl (C=O) groups excluding carboxylic acids is 2. The van der Waals surface area contributed by atoms with Gasteiger partial charge in [-0.15, -0.1) is 0 Å². The molecule has 2 aliphatic heterocycles. The van der Waals surface area contributed by atoms with Gasteiger partial charge in [0.1, 0.15) is 18.0 Å². The quantitative estimate of drug-likeness (QED) is 0.827. The van der Waals surface area contributed by atoms with Gasteiger partial charge < -0.3 is 19.5 Å². The zero-order valence-electron chi connectivity index (χ0n) is 15.5. The van der Waals surface area contributed by atoms with Crippen molar-refractivity contribution in [1.29, 1.82) is 0 Å². The van der Waals surface area contributed by atoms with Gasteiger partial charge in [-0.25, -0.2) is 9.69 Å². The van der Waals surface area contributed by atoms with E-state index in [1.807, 2.05) is 12.1 Å². The molecule has 1 aromatic rings. The normalized spacial score (nSPS) is 20.3. The molecule has 1 aromatic carbocycles. The van der Waals surface area contributed by atoms with E-state index < -0.39 is 17.3 Å². The van der Waals surface area contributed by atoms with Gasteiger partial charge in [0.15, 0.2) is 0 Å². The molecular formula is C19H26N2O5. The average Bonchev–Trinajstić information content (AvgIpc) is 2.57. The summed E-state index contributed by atoms with van der Waals surface area (Å²) in [5.74, 6) is -0.119. The Morgan fingerprint density at radius 3 is 2.50 bits per heavy atom. The Balaban J connectivity index is 1.67. The van der Waals surface area contributed by atoms with Crippen molar-refractivity contribution in [2.75, 3.05) is 31.1 Å². The van der Waals surface area contributed by atoms with Crippen LogP contribution in [0.1, 0.15) is 33.6 Å². The lowest BCUT2D eigenvalue weighted by molar-refractivity contribution is -0.164. The van der Waals surface area contributed by atoms with Gasteiger partial charge in [-0.05, 0) is 45.7 Å². The van der Waals surface area contributed by atoms with E-state index in [1.165, 1.54) is 4.90 Å². The predicted molar refractivity (Wildman–Crippen MR) is 96.2 cm³/mol. The van der Waals surface area contributed by atoms with Gasteiger partial charge in [0.2, 0.25) is 0 Å². The van der Waals surface area contributed by atoms with Crippen LogP contribution in [0.15, 0.2) is 24.3 Å². The molecule has 1 spiro atoms. The molecule has 7 heteroatoms. The third-order valence-electron chi connectivity index (χ3n) is 4.76. The standard InChI is InChI=1S/C19H26N2O5/c1-18(2,3)26-17(24)21-13-19(25-12-16(21)23)8-10-20(11-9-19)14-6-4-5-7-15(14)22/h4-7,22H,8-13H2,1-3H3. The summed E-state index contributed by atoms with van der Waals surface area (Å²) < 4.78 is 11.2. The molecule has 2 heterocycles. The van der Waals surface area contributed by atoms with Crippen LogP contribution in [-0.4, -0.2) is 59.5 Å². The number of phenols is 1. The van der Waals surface area contributed by atoms with Crippen molar-refractivity contribution >= 4 is 17.7 Å². The van der Waals surface area contributed by atoms with Crippen LogP contribution in [-0.2, 0) is 14.3 Å². The van der Waals surface area contributed by atoms with Gasteiger partial charge in [0.05, 0.1) is 17.8 Å². The molecule has 0 aliphatic carbocycles. The molecule has 0 radical (unpaired) electrons. The second-order valence-electron chi connectivity index (χ2n) is 7.91. The van der Waals surface area contributed by atoms with Gasteiger partial charge in [-0.2, -0.15) is 0 Å². The van der Waals surface area contributed by atoms with Gasteiger partial charge in [0.25, 0.3) is 5.91 Å². The molecule has 2 saturated heterocycles. The van der Waals surface area contributed by atoms with E-state index in [4.69, 9.17) is 9.47 Å². The molecule has 0 unspecified atom stereocenters. The number of morpholine rings is 1. The monoisotopic (exact) mass is 362 g/mol. The molecule has 0 saturated carbocycles. The van der Waals surface area contributed by atoms with Crippen LogP contribution in [0.5, 0.6) is 5.75 Å². The van der Waals surface area contributed by atoms with Crippen molar-refractivity contribution in [2.24, 2.45) is 0 Å². The molecular weight excluding hydrogens is 336 g/mol. The fourth-order valence-electron chi connectivity index (χ4n) is 3.39. The van der Waals surface area contributed by atoms with Crippen molar-refractivity contribution < 1.29 is 24.2 Å². The minimum Gasteiger partial charge on any atom is -0.506 e. The number of carbonyl (C=O) groups is 2. The van der Waals surface area contributed by atoms with Crippen molar-refractivity contribution in [3.63, 3.8) is 0 Å². The smallest absolute Gasteiger partial charge is 0.417 e. The van der Waals surface area contributed by atoms with Crippen molar-refractivity contribution in [3.8, 4) is 5.75 Å². The molecule has 3 rings (SSSR count). The fraction of sp³-hybridized carbons (Fsp3) is 0.579. The lowest BCUT2D eigenvalue weighted by Crippen LogP contribution is -2.60. The molecule has 2 fully saturated rings. The maximum Gasteiger partial charge on any atom is 0.417 e. The average molecular weight is 362 g/mol. The van der Waals surface area contributed by atoms with Gasteiger partial charge in [-0.1, -0.05) is 12.1 Å². The predicted octanol–water partition coefficient (Wildman–Crippen LogP) is 2.53. The van der Waals surface area contributed by atoms with Gasteiger partial charge >= 0.3 is 6.09 Å². The van der Waals surface area contributed by atoms with Crippen LogP contribution in [0, 0.1) is 0 Å². The number of amides is 2. The molecule has 142 valence electrons. The highest BCUT2D eigenvalue weighted by atomic mass is 16.6. The van der Waals surface area contributed by atoms with Crippen LogP contribution in [0.4, 0.5) is 10.5 Å². The summed E-state index contributed by atoms with van der Waals surface area (Å²) in [6.45, 7) is 6.76. The molecule has 0 bridgehead atoms. The Hall–Kier alpha value is -2.28. The van der Waals surface area contributed by atoms with E-state index in [9.17, 15) is 14.7 Å². The second kappa shape index (κ2) is 6.79. The number of para-hydroxylation sites is 2. The summed E-state index contributed by atoms with van der Waals surface area (Å²) in [4.78, 5) is 27.8. The van der Waals surface area contributed by atoms with E-state index in [0.717, 1.165) is 5.69 Å². The Kier molecular flexibility index (Phi) is 4.84. The zero-order chi connectivity index (χ0) is 18.9. The zero-order valence-corrected chi connectivity index (χ0v) is 15.5. The van der Waals surface area contributed by atoms with Gasteiger partial charge in [0, 0.05) is 13.1 Å². The maximum absolute atomic E-state index is 12.4. The number of hydrogen-bond acceptors (Lipinski definition) is 6. The highest BCUT2D eigenvalue weighted by molar-refractivity contribution is 5.93. The SMILES string of the molecule is CC(C)(C)OC(=O)N1CC2(CCN(c3ccccc3O)CC2)OCC1=O. The first-order chi connectivity index (χ1) is 12.2. The molecule has 1 N–H and O–H groups in total. The number of phenolic OH excluding ortho intramolecular Hbond substituents is 1. The van der Waals surface area contributed by atoms with Gasteiger partial charge in [-0.3, -0.25) is 4.79 Å². The summed E-state index contributed by atoms with van der Waals surface area (Å²) in [6.07, 6.45) is 0.704. The number of imide groups is 1. The van der Waals surface area contributed by atoms with Crippen molar-refractivity contribution in [2.45, 2.75) is 44.8 Å². The Bertz CT molecular complexity index is 689. The van der Waals surface area contributed by atoms with E-state index in [-0.39, 0.29) is 24.8 Å². The van der Waals surface area contributed by atoms with Crippen molar-refractivity contribution in [1.82, 2.24) is 4.90 Å². The molecule has 2 aliphatic rings. The van der Waals surface area contributed by atoms with Crippen LogP contribution >= 0.6 is 0 Å². The summed E-state index contributed by atoms with van der Waals surface area (Å²) in [5, 5.41) is 10.0. The second-order valence-corrected chi connectivity index (χ2v) is 7.91. The number of piperidine rings is 1. The minimum atomic E-state index is -0.656. The van der Waals surface area contributed by atoms with E-state index >= 15 is 0 Å². The number of nitrogens with zero attached hydrogens (tertiary/aromatic N) is 2. The van der Waals surface area contributed by atoms with Crippen molar-refractivity contribution in [3.05, 3.63) is 24.3 Å². The highest BCUT2D eigenvalue weighted by Gasteiger charge is 2.45. The first kappa shape index (κ1) is 18.5. The lowest BCUT2D eigenvalue weighted by atomic mass is 9.89. The Morgan fingerprint density at radius 2 is 1.88 bits per heavy atom. The molecule has 26 heavy (non-hydrogen) atoms. The number of hydrogen-bond donors (Lipinski definition) is 1. The highest BCUT2D eigenvalue weighted by Crippen LogP contribution is 2.35. The lowest BCUT2D eigenvalue weighted by Gasteiger charge is -2.46. The summed E-state index contributed by atoms with van der Waals surface area (Å²) in [5.41, 5.74) is -0.416. The largest absolute Gasteiger partial charge is 0.506 e. The third kappa shape index (κ3) is 3.93. The summed E-state index contributed by atoms with van der Waals surface area (Å²) >= 11 is 0. The Morgan fingerprint density at radius 1 is 1.23 bits per heavy atom. The summed E-state index contributed by atoms with van der Waals surface area (Å²) in [7, 11) is 0. The molecule has 0 atom stereocenters. The Labute approximate surface area is 153 Å². The van der Waals surface area contributed by atoms with Crippen LogP contribution in [0.2, 0.25) is 0 Å². The summed E-state index contributed by atoms with van der Waals surface area (Å²) in [6, 6.07) is 7.23. The van der Waals surface area contributed by atoms with E-state index in [0.29, 0.717) is 25.9 Å². The number of ether oxygens (including phenoxy) is 2.